The van der Waals surface area contributed by atoms with Crippen LogP contribution in [0.25, 0.3) is 21.8 Å². The first-order chi connectivity index (χ1) is 31.7. The maximum atomic E-state index is 15.6. The fourth-order valence-corrected chi connectivity index (χ4v) is 10.4. The van der Waals surface area contributed by atoms with Gasteiger partial charge < -0.3 is 56.8 Å². The van der Waals surface area contributed by atoms with Gasteiger partial charge in [0.2, 0.25) is 17.3 Å². The van der Waals surface area contributed by atoms with E-state index in [1.165, 1.54) is 12.3 Å². The Hall–Kier alpha value is -6.73. The number of unbranched alkanes of at least 4 members (excludes halogenated alkanes) is 3. The van der Waals surface area contributed by atoms with Crippen molar-refractivity contribution >= 4 is 63.0 Å². The van der Waals surface area contributed by atoms with Gasteiger partial charge in [0.05, 0.1) is 22.4 Å². The SMILES string of the molecule is CCn1cc(C)c(=O)c2cc(F)c(N3CC4CCC(C3)N4C(N)=NC(N)=NCCCCCCN=C(N)N=C(N)N3C4CCC3CN(c3cc5c(cc3F)c(=O)c(C(=O)O)cn5CC)C4)cc21. The third-order valence-electron chi connectivity index (χ3n) is 13.6. The van der Waals surface area contributed by atoms with Gasteiger partial charge in [0, 0.05) is 105 Å². The molecular weight excluding hydrogens is 851 g/mol. The van der Waals surface area contributed by atoms with Gasteiger partial charge in [-0.3, -0.25) is 19.6 Å². The van der Waals surface area contributed by atoms with Gasteiger partial charge in [0.15, 0.2) is 17.3 Å². The van der Waals surface area contributed by atoms with Crippen LogP contribution in [0.4, 0.5) is 20.2 Å². The number of aliphatic imine (C=N–C) groups is 4. The molecule has 66 heavy (non-hydrogen) atoms. The van der Waals surface area contributed by atoms with Crippen LogP contribution >= 0.6 is 0 Å². The molecule has 4 unspecified atom stereocenters. The highest BCUT2D eigenvalue weighted by molar-refractivity contribution is 5.95. The van der Waals surface area contributed by atoms with Crippen molar-refractivity contribution < 1.29 is 18.7 Å². The molecule has 0 aliphatic carbocycles. The monoisotopic (exact) mass is 910 g/mol. The summed E-state index contributed by atoms with van der Waals surface area (Å²) in [7, 11) is 0. The number of fused-ring (bicyclic) bond motifs is 6. The van der Waals surface area contributed by atoms with Crippen molar-refractivity contribution in [1.82, 2.24) is 18.9 Å². The molecule has 4 aliphatic rings. The topological polar surface area (TPSA) is 248 Å². The summed E-state index contributed by atoms with van der Waals surface area (Å²) in [5.41, 5.74) is 26.7. The number of carboxylic acids is 1. The Bertz CT molecular complexity index is 2760. The number of anilines is 2. The second-order valence-corrected chi connectivity index (χ2v) is 17.8. The third kappa shape index (κ3) is 8.96. The molecule has 4 saturated heterocycles. The number of nitrogens with zero attached hydrogens (tertiary/aromatic N) is 10. The molecule has 0 radical (unpaired) electrons. The predicted octanol–water partition coefficient (Wildman–Crippen LogP) is 3.47. The Morgan fingerprint density at radius 1 is 0.652 bits per heavy atom. The zero-order valence-electron chi connectivity index (χ0n) is 37.8. The van der Waals surface area contributed by atoms with Gasteiger partial charge in [-0.2, -0.15) is 9.98 Å². The minimum atomic E-state index is -1.35. The van der Waals surface area contributed by atoms with E-state index in [9.17, 15) is 19.5 Å². The average Bonchev–Trinajstić information content (AvgIpc) is 3.72. The van der Waals surface area contributed by atoms with E-state index in [2.05, 4.69) is 29.8 Å². The summed E-state index contributed by atoms with van der Waals surface area (Å²) < 4.78 is 34.8. The van der Waals surface area contributed by atoms with Gasteiger partial charge in [-0.05, 0) is 83.6 Å². The molecular formula is C46H60F2N14O4. The molecule has 2 aromatic carbocycles. The lowest BCUT2D eigenvalue weighted by Gasteiger charge is -2.42. The van der Waals surface area contributed by atoms with Crippen LogP contribution < -0.4 is 43.6 Å². The Morgan fingerprint density at radius 2 is 1.06 bits per heavy atom. The summed E-state index contributed by atoms with van der Waals surface area (Å²) >= 11 is 0. The van der Waals surface area contributed by atoms with Crippen molar-refractivity contribution in [3.63, 3.8) is 0 Å². The Kier molecular flexibility index (Phi) is 13.2. The van der Waals surface area contributed by atoms with Crippen molar-refractivity contribution in [2.45, 2.75) is 109 Å². The summed E-state index contributed by atoms with van der Waals surface area (Å²) in [6.45, 7) is 9.72. The number of aromatic carboxylic acids is 1. The molecule has 4 fully saturated rings. The molecule has 4 aliphatic heterocycles. The first-order valence-electron chi connectivity index (χ1n) is 22.9. The van der Waals surface area contributed by atoms with E-state index in [4.69, 9.17) is 22.9 Å². The quantitative estimate of drug-likeness (QED) is 0.0780. The lowest BCUT2D eigenvalue weighted by Crippen LogP contribution is -2.58. The Morgan fingerprint density at radius 3 is 1.47 bits per heavy atom. The predicted molar refractivity (Wildman–Crippen MR) is 256 cm³/mol. The number of pyridine rings is 2. The summed E-state index contributed by atoms with van der Waals surface area (Å²) in [4.78, 5) is 63.1. The lowest BCUT2D eigenvalue weighted by atomic mass is 10.1. The number of piperazine rings is 2. The standard InChI is InChI=1S/C46H60F2N14O4/c1-4-57-20-26(3)40(63)31-16-34(47)38(18-36(31)57)59-21-27-10-11-28(22-59)61(27)45(51)55-43(49)53-14-8-6-7-9-15-54-44(50)56-46(52)62-29-12-13-30(62)24-60(23-29)39-19-37-32(17-35(39)48)41(64)33(42(65)66)25-58(37)5-2/h16-20,25,27-30H,4-15,21-24H2,1-3H3,(H,65,66)(H4,49,51,53,55)(H4,50,52,54,56). The molecule has 6 heterocycles. The fourth-order valence-electron chi connectivity index (χ4n) is 10.4. The number of carboxylic acid groups (broad SMARTS) is 1. The van der Waals surface area contributed by atoms with Gasteiger partial charge in [-0.25, -0.2) is 13.6 Å². The van der Waals surface area contributed by atoms with E-state index in [0.717, 1.165) is 62.9 Å². The van der Waals surface area contributed by atoms with E-state index in [1.807, 2.05) is 34.4 Å². The van der Waals surface area contributed by atoms with Gasteiger partial charge >= 0.3 is 5.97 Å². The molecule has 9 N–H and O–H groups in total. The van der Waals surface area contributed by atoms with Gasteiger partial charge in [0.1, 0.15) is 17.2 Å². The Labute approximate surface area is 380 Å². The lowest BCUT2D eigenvalue weighted by molar-refractivity contribution is 0.0694. The molecule has 0 amide bonds. The molecule has 18 nitrogen and oxygen atoms in total. The average molecular weight is 911 g/mol. The molecule has 0 spiro atoms. The van der Waals surface area contributed by atoms with E-state index in [-0.39, 0.29) is 52.9 Å². The Balaban J connectivity index is 0.785. The first kappa shape index (κ1) is 45.8. The van der Waals surface area contributed by atoms with Crippen molar-refractivity contribution in [3.05, 3.63) is 79.9 Å². The molecule has 4 atom stereocenters. The molecule has 352 valence electrons. The van der Waals surface area contributed by atoms with Gasteiger partial charge in [-0.15, -0.1) is 0 Å². The number of hydrogen-bond donors (Lipinski definition) is 5. The van der Waals surface area contributed by atoms with E-state index in [1.54, 1.807) is 23.6 Å². The van der Waals surface area contributed by atoms with E-state index >= 15 is 8.78 Å². The highest BCUT2D eigenvalue weighted by Gasteiger charge is 2.43. The number of rotatable bonds is 12. The first-order valence-corrected chi connectivity index (χ1v) is 22.9. The normalized spacial score (nSPS) is 21.5. The summed E-state index contributed by atoms with van der Waals surface area (Å²) in [5, 5.41) is 9.92. The number of aryl methyl sites for hydroxylation is 3. The van der Waals surface area contributed by atoms with Crippen LogP contribution in [-0.4, -0.2) is 117 Å². The highest BCUT2D eigenvalue weighted by Crippen LogP contribution is 2.36. The van der Waals surface area contributed by atoms with Crippen molar-refractivity contribution in [2.75, 3.05) is 49.1 Å². The maximum absolute atomic E-state index is 15.6. The number of halogens is 2. The van der Waals surface area contributed by atoms with Crippen LogP contribution in [0.1, 0.15) is 81.1 Å². The molecule has 20 heteroatoms. The number of hydrogen-bond acceptors (Lipinski definition) is 7. The smallest absolute Gasteiger partial charge is 0.341 e. The van der Waals surface area contributed by atoms with Gasteiger partial charge in [0.25, 0.3) is 0 Å². The fraction of sp³-hybridized carbons (Fsp3) is 0.500. The number of nitrogens with two attached hydrogens (primary N) is 4. The minimum absolute atomic E-state index is 0.0321. The van der Waals surface area contributed by atoms with Gasteiger partial charge in [-0.1, -0.05) is 12.8 Å². The minimum Gasteiger partial charge on any atom is -0.477 e. The summed E-state index contributed by atoms with van der Waals surface area (Å²) in [6.07, 6.45) is 9.97. The van der Waals surface area contributed by atoms with Crippen molar-refractivity contribution in [2.24, 2.45) is 42.9 Å². The number of carbonyl (C=O) groups is 1. The van der Waals surface area contributed by atoms with Crippen LogP contribution in [0, 0.1) is 18.6 Å². The molecule has 2 aromatic heterocycles. The highest BCUT2D eigenvalue weighted by atomic mass is 19.1. The van der Waals surface area contributed by atoms with Crippen LogP contribution in [0.2, 0.25) is 0 Å². The van der Waals surface area contributed by atoms with Crippen LogP contribution in [0.3, 0.4) is 0 Å². The molecule has 8 rings (SSSR count). The van der Waals surface area contributed by atoms with Crippen LogP contribution in [0.5, 0.6) is 0 Å². The second kappa shape index (κ2) is 19.0. The summed E-state index contributed by atoms with van der Waals surface area (Å²) in [6, 6.07) is 5.95. The van der Waals surface area contributed by atoms with Crippen molar-refractivity contribution in [3.8, 4) is 0 Å². The summed E-state index contributed by atoms with van der Waals surface area (Å²) in [5.74, 6) is -1.55. The molecule has 4 aromatic rings. The molecule has 0 saturated carbocycles. The number of benzene rings is 2. The number of guanidine groups is 4. The molecule has 4 bridgehead atoms. The largest absolute Gasteiger partial charge is 0.477 e. The van der Waals surface area contributed by atoms with Crippen LogP contribution in [0.15, 0.2) is 66.2 Å². The second-order valence-electron chi connectivity index (χ2n) is 17.8. The van der Waals surface area contributed by atoms with Crippen LogP contribution in [-0.2, 0) is 13.1 Å². The number of aromatic nitrogens is 2. The zero-order chi connectivity index (χ0) is 47.0. The maximum Gasteiger partial charge on any atom is 0.341 e. The third-order valence-corrected chi connectivity index (χ3v) is 13.6. The van der Waals surface area contributed by atoms with Crippen molar-refractivity contribution in [1.29, 1.82) is 0 Å². The zero-order valence-corrected chi connectivity index (χ0v) is 37.8. The van der Waals surface area contributed by atoms with E-state index in [0.29, 0.717) is 86.2 Å². The van der Waals surface area contributed by atoms with E-state index < -0.39 is 28.6 Å².